The third-order valence-corrected chi connectivity index (χ3v) is 6.02. The first-order valence-corrected chi connectivity index (χ1v) is 11.2. The first-order chi connectivity index (χ1) is 16.2. The van der Waals surface area contributed by atoms with Crippen molar-refractivity contribution < 1.29 is 9.32 Å². The highest BCUT2D eigenvalue weighted by molar-refractivity contribution is 6.32. The lowest BCUT2D eigenvalue weighted by Gasteiger charge is -2.34. The van der Waals surface area contributed by atoms with Gasteiger partial charge in [-0.25, -0.2) is 4.98 Å². The first kappa shape index (κ1) is 21.3. The molecule has 1 amide bonds. The molecule has 8 heteroatoms. The zero-order valence-corrected chi connectivity index (χ0v) is 18.7. The van der Waals surface area contributed by atoms with Crippen LogP contribution in [-0.4, -0.2) is 57.0 Å². The molecule has 0 atom stereocenters. The quantitative estimate of drug-likeness (QED) is 0.411. The van der Waals surface area contributed by atoms with E-state index in [0.717, 1.165) is 30.8 Å². The summed E-state index contributed by atoms with van der Waals surface area (Å²) >= 11 is 6.08. The molecule has 1 aliphatic rings. The Morgan fingerprint density at radius 3 is 2.39 bits per heavy atom. The standard InChI is InChI=1S/C25H22ClN5O2/c26-22-21(7-4-12-27-22)25(32)31-15-13-30(14-16-31)17-18-8-10-19(11-9-18)23-28-24(33-29-23)20-5-2-1-3-6-20/h1-12H,13-17H2. The Hall–Kier alpha value is -3.55. The predicted molar refractivity (Wildman–Crippen MR) is 126 cm³/mol. The maximum Gasteiger partial charge on any atom is 0.258 e. The minimum atomic E-state index is -0.0629. The summed E-state index contributed by atoms with van der Waals surface area (Å²) in [5, 5.41) is 4.37. The van der Waals surface area contributed by atoms with Gasteiger partial charge in [0, 0.05) is 50.0 Å². The lowest BCUT2D eigenvalue weighted by Crippen LogP contribution is -2.48. The van der Waals surface area contributed by atoms with E-state index in [-0.39, 0.29) is 11.1 Å². The van der Waals surface area contributed by atoms with Crippen molar-refractivity contribution in [1.82, 2.24) is 24.9 Å². The fourth-order valence-electron chi connectivity index (χ4n) is 3.88. The largest absolute Gasteiger partial charge is 0.336 e. The van der Waals surface area contributed by atoms with Gasteiger partial charge in [-0.05, 0) is 29.8 Å². The van der Waals surface area contributed by atoms with Crippen LogP contribution >= 0.6 is 11.6 Å². The van der Waals surface area contributed by atoms with Crippen molar-refractivity contribution in [2.24, 2.45) is 0 Å². The Kier molecular flexibility index (Phi) is 6.15. The highest BCUT2D eigenvalue weighted by atomic mass is 35.5. The second-order valence-corrected chi connectivity index (χ2v) is 8.25. The number of aromatic nitrogens is 3. The van der Waals surface area contributed by atoms with Crippen molar-refractivity contribution in [3.63, 3.8) is 0 Å². The smallest absolute Gasteiger partial charge is 0.258 e. The monoisotopic (exact) mass is 459 g/mol. The van der Waals surface area contributed by atoms with Gasteiger partial charge in [-0.1, -0.05) is 59.2 Å². The van der Waals surface area contributed by atoms with Crippen LogP contribution in [0.15, 0.2) is 77.4 Å². The molecule has 4 aromatic rings. The molecule has 166 valence electrons. The lowest BCUT2D eigenvalue weighted by molar-refractivity contribution is 0.0628. The topological polar surface area (TPSA) is 75.4 Å². The fourth-order valence-corrected chi connectivity index (χ4v) is 4.08. The van der Waals surface area contributed by atoms with Crippen LogP contribution in [-0.2, 0) is 6.54 Å². The molecule has 1 aliphatic heterocycles. The molecule has 7 nitrogen and oxygen atoms in total. The molecule has 1 fully saturated rings. The van der Waals surface area contributed by atoms with E-state index in [1.807, 2.05) is 47.4 Å². The van der Waals surface area contributed by atoms with Crippen molar-refractivity contribution in [3.8, 4) is 22.8 Å². The van der Waals surface area contributed by atoms with Crippen LogP contribution in [0.2, 0.25) is 5.15 Å². The average Bonchev–Trinajstić information content (AvgIpc) is 3.36. The number of benzene rings is 2. The van der Waals surface area contributed by atoms with E-state index in [9.17, 15) is 4.79 Å². The minimum Gasteiger partial charge on any atom is -0.336 e. The lowest BCUT2D eigenvalue weighted by atomic mass is 10.1. The predicted octanol–water partition coefficient (Wildman–Crippen LogP) is 4.41. The van der Waals surface area contributed by atoms with Gasteiger partial charge in [-0.2, -0.15) is 4.98 Å². The number of hydrogen-bond acceptors (Lipinski definition) is 6. The summed E-state index contributed by atoms with van der Waals surface area (Å²) in [4.78, 5) is 25.4. The average molecular weight is 460 g/mol. The van der Waals surface area contributed by atoms with Crippen LogP contribution in [0.25, 0.3) is 22.8 Å². The van der Waals surface area contributed by atoms with Gasteiger partial charge < -0.3 is 9.42 Å². The summed E-state index contributed by atoms with van der Waals surface area (Å²) in [6.45, 7) is 3.74. The molecule has 2 aromatic carbocycles. The summed E-state index contributed by atoms with van der Waals surface area (Å²) in [6, 6.07) is 21.4. The van der Waals surface area contributed by atoms with Gasteiger partial charge in [-0.15, -0.1) is 0 Å². The molecule has 0 radical (unpaired) electrons. The van der Waals surface area contributed by atoms with Crippen LogP contribution in [0.3, 0.4) is 0 Å². The van der Waals surface area contributed by atoms with Gasteiger partial charge in [0.2, 0.25) is 5.82 Å². The molecule has 0 bridgehead atoms. The van der Waals surface area contributed by atoms with E-state index in [1.54, 1.807) is 18.3 Å². The molecule has 2 aromatic heterocycles. The van der Waals surface area contributed by atoms with Gasteiger partial charge in [0.1, 0.15) is 5.15 Å². The molecule has 0 N–H and O–H groups in total. The maximum absolute atomic E-state index is 12.7. The second kappa shape index (κ2) is 9.52. The SMILES string of the molecule is O=C(c1cccnc1Cl)N1CCN(Cc2ccc(-c3noc(-c4ccccc4)n3)cc2)CC1. The van der Waals surface area contributed by atoms with E-state index in [4.69, 9.17) is 16.1 Å². The highest BCUT2D eigenvalue weighted by Crippen LogP contribution is 2.23. The molecular formula is C25H22ClN5O2. The molecule has 0 spiro atoms. The summed E-state index contributed by atoms with van der Waals surface area (Å²) < 4.78 is 5.41. The number of hydrogen-bond donors (Lipinski definition) is 0. The summed E-state index contributed by atoms with van der Waals surface area (Å²) in [5.74, 6) is 1.02. The summed E-state index contributed by atoms with van der Waals surface area (Å²) in [7, 11) is 0. The van der Waals surface area contributed by atoms with E-state index in [2.05, 4.69) is 32.2 Å². The third-order valence-electron chi connectivity index (χ3n) is 5.71. The van der Waals surface area contributed by atoms with E-state index >= 15 is 0 Å². The number of carbonyl (C=O) groups excluding carboxylic acids is 1. The Bertz CT molecular complexity index is 1240. The Morgan fingerprint density at radius 2 is 1.67 bits per heavy atom. The molecule has 0 aliphatic carbocycles. The van der Waals surface area contributed by atoms with Gasteiger partial charge in [0.25, 0.3) is 11.8 Å². The van der Waals surface area contributed by atoms with E-state index in [1.165, 1.54) is 5.56 Å². The molecule has 5 rings (SSSR count). The van der Waals surface area contributed by atoms with Crippen molar-refractivity contribution in [2.45, 2.75) is 6.54 Å². The van der Waals surface area contributed by atoms with Crippen LogP contribution in [0, 0.1) is 0 Å². The summed E-state index contributed by atoms with van der Waals surface area (Å²) in [5.41, 5.74) is 3.46. The van der Waals surface area contributed by atoms with E-state index in [0.29, 0.717) is 30.4 Å². The normalized spacial score (nSPS) is 14.4. The number of pyridine rings is 1. The molecular weight excluding hydrogens is 438 g/mol. The Morgan fingerprint density at radius 1 is 0.909 bits per heavy atom. The van der Waals surface area contributed by atoms with Crippen molar-refractivity contribution >= 4 is 17.5 Å². The molecule has 1 saturated heterocycles. The Balaban J connectivity index is 1.18. The number of piperazine rings is 1. The Labute approximate surface area is 196 Å². The number of amides is 1. The van der Waals surface area contributed by atoms with Gasteiger partial charge in [-0.3, -0.25) is 9.69 Å². The maximum atomic E-state index is 12.7. The van der Waals surface area contributed by atoms with Crippen molar-refractivity contribution in [1.29, 1.82) is 0 Å². The fraction of sp³-hybridized carbons (Fsp3) is 0.200. The van der Waals surface area contributed by atoms with Crippen LogP contribution in [0.4, 0.5) is 0 Å². The number of rotatable bonds is 5. The zero-order chi connectivity index (χ0) is 22.6. The van der Waals surface area contributed by atoms with Gasteiger partial charge in [0.05, 0.1) is 5.56 Å². The first-order valence-electron chi connectivity index (χ1n) is 10.8. The highest BCUT2D eigenvalue weighted by Gasteiger charge is 2.24. The number of carbonyl (C=O) groups is 1. The molecule has 33 heavy (non-hydrogen) atoms. The van der Waals surface area contributed by atoms with Crippen molar-refractivity contribution in [3.05, 3.63) is 89.2 Å². The summed E-state index contributed by atoms with van der Waals surface area (Å²) in [6.07, 6.45) is 1.59. The number of nitrogens with zero attached hydrogens (tertiary/aromatic N) is 5. The van der Waals surface area contributed by atoms with Crippen molar-refractivity contribution in [2.75, 3.05) is 26.2 Å². The zero-order valence-electron chi connectivity index (χ0n) is 17.9. The van der Waals surface area contributed by atoms with Crippen LogP contribution in [0.1, 0.15) is 15.9 Å². The number of halogens is 1. The molecule has 0 saturated carbocycles. The second-order valence-electron chi connectivity index (χ2n) is 7.90. The van der Waals surface area contributed by atoms with E-state index < -0.39 is 0 Å². The third kappa shape index (κ3) is 4.79. The van der Waals surface area contributed by atoms with Crippen LogP contribution in [0.5, 0.6) is 0 Å². The molecule has 0 unspecified atom stereocenters. The molecule has 3 heterocycles. The van der Waals surface area contributed by atoms with Gasteiger partial charge >= 0.3 is 0 Å². The minimum absolute atomic E-state index is 0.0629. The van der Waals surface area contributed by atoms with Gasteiger partial charge in [0.15, 0.2) is 0 Å². The van der Waals surface area contributed by atoms with Crippen LogP contribution < -0.4 is 0 Å².